The van der Waals surface area contributed by atoms with Crippen LogP contribution in [0.4, 0.5) is 5.69 Å². The number of sulfonamides is 1. The summed E-state index contributed by atoms with van der Waals surface area (Å²) in [6.07, 6.45) is 0.636. The van der Waals surface area contributed by atoms with Crippen molar-refractivity contribution < 1.29 is 18.3 Å². The van der Waals surface area contributed by atoms with Crippen molar-refractivity contribution in [3.63, 3.8) is 0 Å². The number of piperidine rings is 1. The van der Waals surface area contributed by atoms with Crippen LogP contribution in [0.3, 0.4) is 0 Å². The molecule has 25 heavy (non-hydrogen) atoms. The first-order valence-corrected chi connectivity index (χ1v) is 9.95. The summed E-state index contributed by atoms with van der Waals surface area (Å²) >= 11 is 0. The van der Waals surface area contributed by atoms with Crippen LogP contribution in [0.15, 0.2) is 35.2 Å². The quantitative estimate of drug-likeness (QED) is 0.908. The van der Waals surface area contributed by atoms with Crippen LogP contribution in [0, 0.1) is 0 Å². The van der Waals surface area contributed by atoms with E-state index in [-0.39, 0.29) is 17.3 Å². The number of aliphatic hydroxyl groups excluding tert-OH is 1. The van der Waals surface area contributed by atoms with Crippen LogP contribution in [0.1, 0.15) is 30.1 Å². The Hall–Kier alpha value is -1.96. The number of hydrogen-bond acceptors (Lipinski definition) is 4. The van der Waals surface area contributed by atoms with Crippen LogP contribution in [0.2, 0.25) is 0 Å². The predicted molar refractivity (Wildman–Crippen MR) is 95.3 cm³/mol. The number of β-amino-alcohol motifs (C(OH)–C–C–N with tert-alkyl or cyclic N) is 1. The fraction of sp³-hybridized carbons (Fsp3) is 0.389. The maximum Gasteiger partial charge on any atom is 0.258 e. The Kier molecular flexibility index (Phi) is 3.82. The Morgan fingerprint density at radius 3 is 2.76 bits per heavy atom. The van der Waals surface area contributed by atoms with Crippen LogP contribution in [0.5, 0.6) is 0 Å². The third-order valence-electron chi connectivity index (χ3n) is 5.04. The molecule has 2 aliphatic heterocycles. The summed E-state index contributed by atoms with van der Waals surface area (Å²) in [5.41, 5.74) is 1.31. The van der Waals surface area contributed by atoms with E-state index in [1.54, 1.807) is 35.2 Å². The third-order valence-corrected chi connectivity index (χ3v) is 6.96. The lowest BCUT2D eigenvalue weighted by Crippen LogP contribution is -2.42. The van der Waals surface area contributed by atoms with Gasteiger partial charge in [-0.1, -0.05) is 12.1 Å². The molecule has 1 saturated heterocycles. The molecule has 132 valence electrons. The highest BCUT2D eigenvalue weighted by Crippen LogP contribution is 2.40. The van der Waals surface area contributed by atoms with Crippen molar-refractivity contribution in [2.75, 3.05) is 24.5 Å². The summed E-state index contributed by atoms with van der Waals surface area (Å²) in [7, 11) is -3.73. The maximum atomic E-state index is 13.1. The number of benzene rings is 2. The molecule has 1 fully saturated rings. The zero-order chi connectivity index (χ0) is 17.8. The SMILES string of the molecule is CCN1C(=O)c2cccc3c(S(=O)(=O)N4CCC[C@@H](O)C4)ccc1c23. The molecule has 0 radical (unpaired) electrons. The highest BCUT2D eigenvalue weighted by Gasteiger charge is 2.34. The molecule has 1 atom stereocenters. The lowest BCUT2D eigenvalue weighted by atomic mass is 10.1. The predicted octanol–water partition coefficient (Wildman–Crippen LogP) is 1.97. The van der Waals surface area contributed by atoms with Crippen molar-refractivity contribution >= 4 is 32.4 Å². The largest absolute Gasteiger partial charge is 0.392 e. The number of anilines is 1. The Bertz CT molecular complexity index is 970. The van der Waals surface area contributed by atoms with Crippen LogP contribution < -0.4 is 4.90 Å². The summed E-state index contributed by atoms with van der Waals surface area (Å²) in [5.74, 6) is -0.0916. The van der Waals surface area contributed by atoms with Gasteiger partial charge in [-0.25, -0.2) is 8.42 Å². The first-order valence-electron chi connectivity index (χ1n) is 8.51. The van der Waals surface area contributed by atoms with E-state index in [0.29, 0.717) is 42.3 Å². The molecule has 4 rings (SSSR count). The summed E-state index contributed by atoms with van der Waals surface area (Å²) in [6, 6.07) is 8.52. The highest BCUT2D eigenvalue weighted by molar-refractivity contribution is 7.89. The van der Waals surface area contributed by atoms with Gasteiger partial charge in [-0.05, 0) is 38.0 Å². The Morgan fingerprint density at radius 1 is 1.24 bits per heavy atom. The number of rotatable bonds is 3. The molecular formula is C18H20N2O4S. The molecule has 0 saturated carbocycles. The Balaban J connectivity index is 1.91. The van der Waals surface area contributed by atoms with Crippen LogP contribution >= 0.6 is 0 Å². The van der Waals surface area contributed by atoms with E-state index >= 15 is 0 Å². The topological polar surface area (TPSA) is 77.9 Å². The maximum absolute atomic E-state index is 13.1. The molecule has 0 aliphatic carbocycles. The first-order chi connectivity index (χ1) is 11.9. The van der Waals surface area contributed by atoms with E-state index in [0.717, 1.165) is 5.69 Å². The normalized spacial score (nSPS) is 21.3. The minimum Gasteiger partial charge on any atom is -0.392 e. The number of amides is 1. The molecule has 2 aliphatic rings. The van der Waals surface area contributed by atoms with Gasteiger partial charge in [-0.15, -0.1) is 0 Å². The third kappa shape index (κ3) is 2.38. The van der Waals surface area contributed by atoms with Gasteiger partial charge in [0.25, 0.3) is 5.91 Å². The molecule has 7 heteroatoms. The molecule has 0 spiro atoms. The van der Waals surface area contributed by atoms with Gasteiger partial charge in [0.2, 0.25) is 10.0 Å². The highest BCUT2D eigenvalue weighted by atomic mass is 32.2. The minimum absolute atomic E-state index is 0.0916. The first kappa shape index (κ1) is 16.5. The van der Waals surface area contributed by atoms with Gasteiger partial charge < -0.3 is 10.0 Å². The molecule has 1 amide bonds. The van der Waals surface area contributed by atoms with Crippen LogP contribution in [-0.4, -0.2) is 49.5 Å². The fourth-order valence-corrected chi connectivity index (χ4v) is 5.54. The van der Waals surface area contributed by atoms with Crippen LogP contribution in [0.25, 0.3) is 10.8 Å². The summed E-state index contributed by atoms with van der Waals surface area (Å²) in [4.78, 5) is 14.4. The molecular weight excluding hydrogens is 340 g/mol. The second kappa shape index (κ2) is 5.79. The van der Waals surface area contributed by atoms with Gasteiger partial charge in [0.15, 0.2) is 0 Å². The van der Waals surface area contributed by atoms with E-state index in [1.165, 1.54) is 4.31 Å². The molecule has 2 aromatic carbocycles. The van der Waals surface area contributed by atoms with Crippen molar-refractivity contribution in [2.45, 2.75) is 30.8 Å². The Morgan fingerprint density at radius 2 is 2.04 bits per heavy atom. The number of hydrogen-bond donors (Lipinski definition) is 1. The average molecular weight is 360 g/mol. The monoisotopic (exact) mass is 360 g/mol. The van der Waals surface area contributed by atoms with Crippen molar-refractivity contribution in [3.05, 3.63) is 35.9 Å². The van der Waals surface area contributed by atoms with Crippen molar-refractivity contribution in [1.82, 2.24) is 4.31 Å². The smallest absolute Gasteiger partial charge is 0.258 e. The molecule has 1 N–H and O–H groups in total. The summed E-state index contributed by atoms with van der Waals surface area (Å²) < 4.78 is 27.6. The van der Waals surface area contributed by atoms with E-state index in [2.05, 4.69) is 0 Å². The molecule has 0 aromatic heterocycles. The number of nitrogens with zero attached hydrogens (tertiary/aromatic N) is 2. The molecule has 2 aromatic rings. The summed E-state index contributed by atoms with van der Waals surface area (Å²) in [5, 5.41) is 11.1. The minimum atomic E-state index is -3.73. The Labute approximate surface area is 146 Å². The van der Waals surface area contributed by atoms with Crippen LogP contribution in [-0.2, 0) is 10.0 Å². The second-order valence-electron chi connectivity index (χ2n) is 6.52. The zero-order valence-corrected chi connectivity index (χ0v) is 14.8. The van der Waals surface area contributed by atoms with E-state index in [4.69, 9.17) is 0 Å². The van der Waals surface area contributed by atoms with E-state index in [9.17, 15) is 18.3 Å². The molecule has 6 nitrogen and oxygen atoms in total. The van der Waals surface area contributed by atoms with Gasteiger partial charge in [0, 0.05) is 36.0 Å². The number of carbonyl (C=O) groups is 1. The van der Waals surface area contributed by atoms with E-state index < -0.39 is 16.1 Å². The van der Waals surface area contributed by atoms with Gasteiger partial charge in [0.1, 0.15) is 0 Å². The van der Waals surface area contributed by atoms with Gasteiger partial charge in [0.05, 0.1) is 16.7 Å². The van der Waals surface area contributed by atoms with Gasteiger partial charge in [-0.2, -0.15) is 4.31 Å². The van der Waals surface area contributed by atoms with E-state index in [1.807, 2.05) is 6.92 Å². The van der Waals surface area contributed by atoms with Crippen molar-refractivity contribution in [2.24, 2.45) is 0 Å². The zero-order valence-electron chi connectivity index (χ0n) is 14.0. The fourth-order valence-electron chi connectivity index (χ4n) is 3.84. The number of carbonyl (C=O) groups excluding carboxylic acids is 1. The summed E-state index contributed by atoms with van der Waals surface area (Å²) in [6.45, 7) is 2.95. The standard InChI is InChI=1S/C18H20N2O4S/c1-2-20-15-8-9-16(13-6-3-7-14(17(13)15)18(20)22)25(23,24)19-10-4-5-12(21)11-19/h3,6-9,12,21H,2,4-5,10-11H2,1H3/t12-/m1/s1. The average Bonchev–Trinajstić information content (AvgIpc) is 2.88. The van der Waals surface area contributed by atoms with Crippen molar-refractivity contribution in [1.29, 1.82) is 0 Å². The van der Waals surface area contributed by atoms with Gasteiger partial charge >= 0.3 is 0 Å². The molecule has 2 heterocycles. The lowest BCUT2D eigenvalue weighted by molar-refractivity contribution is 0.0994. The molecule has 0 unspecified atom stereocenters. The van der Waals surface area contributed by atoms with Gasteiger partial charge in [-0.3, -0.25) is 4.79 Å². The second-order valence-corrected chi connectivity index (χ2v) is 8.43. The number of aliphatic hydroxyl groups is 1. The van der Waals surface area contributed by atoms with Crippen molar-refractivity contribution in [3.8, 4) is 0 Å². The lowest BCUT2D eigenvalue weighted by Gasteiger charge is -2.29. The molecule has 0 bridgehead atoms.